The molecule has 0 aliphatic heterocycles. The van der Waals surface area contributed by atoms with Crippen molar-refractivity contribution >= 4 is 5.70 Å². The summed E-state index contributed by atoms with van der Waals surface area (Å²) >= 11 is 0. The molecule has 7 heteroatoms. The lowest BCUT2D eigenvalue weighted by molar-refractivity contribution is 1.02. The number of aromatic amines is 2. The topological polar surface area (TPSA) is 114 Å². The highest BCUT2D eigenvalue weighted by atomic mass is 16.2. The number of hydrogen-bond acceptors (Lipinski definition) is 3. The Bertz CT molecular complexity index is 490. The number of nitrogens with zero attached hydrogens (tertiary/aromatic N) is 3. The predicted molar refractivity (Wildman–Crippen MR) is 45.9 cm³/mol. The maximum atomic E-state index is 11.0. The average molecular weight is 179 g/mol. The lowest BCUT2D eigenvalue weighted by atomic mass is 10.3. The highest BCUT2D eigenvalue weighted by molar-refractivity contribution is 5.60. The highest BCUT2D eigenvalue weighted by Gasteiger charge is 2.01. The van der Waals surface area contributed by atoms with Gasteiger partial charge in [-0.1, -0.05) is 11.7 Å². The summed E-state index contributed by atoms with van der Waals surface area (Å²) in [6.45, 7) is 3.34. The largest absolute Gasteiger partial charge is 0.325 e. The Labute approximate surface area is 71.4 Å². The molecule has 1 heterocycles. The molecule has 1 aromatic heterocycles. The molecule has 0 spiro atoms. The summed E-state index contributed by atoms with van der Waals surface area (Å²) in [7, 11) is 0. The van der Waals surface area contributed by atoms with E-state index in [4.69, 9.17) is 5.53 Å². The summed E-state index contributed by atoms with van der Waals surface area (Å²) in [5, 5.41) is 3.13. The van der Waals surface area contributed by atoms with Crippen LogP contribution in [0.4, 0.5) is 0 Å². The van der Waals surface area contributed by atoms with Gasteiger partial charge in [0.15, 0.2) is 0 Å². The Morgan fingerprint density at radius 2 is 2.31 bits per heavy atom. The van der Waals surface area contributed by atoms with Gasteiger partial charge in [-0.25, -0.2) is 4.79 Å². The molecule has 0 radical (unpaired) electrons. The van der Waals surface area contributed by atoms with Gasteiger partial charge in [-0.3, -0.25) is 9.78 Å². The van der Waals surface area contributed by atoms with Crippen molar-refractivity contribution in [3.8, 4) is 0 Å². The minimum atomic E-state index is -0.638. The fraction of sp³-hybridized carbons (Fsp3) is 0. The monoisotopic (exact) mass is 179 g/mol. The number of aromatic nitrogens is 2. The Hall–Kier alpha value is -2.27. The van der Waals surface area contributed by atoms with Crippen LogP contribution >= 0.6 is 0 Å². The van der Waals surface area contributed by atoms with Gasteiger partial charge >= 0.3 is 5.69 Å². The molecule has 1 aromatic rings. The molecule has 0 saturated heterocycles. The first-order valence-corrected chi connectivity index (χ1v) is 3.21. The van der Waals surface area contributed by atoms with Gasteiger partial charge in [-0.15, -0.1) is 0 Å². The molecule has 2 N–H and O–H groups in total. The third-order valence-electron chi connectivity index (χ3n) is 1.30. The zero-order valence-corrected chi connectivity index (χ0v) is 6.44. The molecule has 66 valence electrons. The third kappa shape index (κ3) is 1.85. The van der Waals surface area contributed by atoms with Gasteiger partial charge < -0.3 is 4.98 Å². The van der Waals surface area contributed by atoms with E-state index in [1.165, 1.54) is 0 Å². The summed E-state index contributed by atoms with van der Waals surface area (Å²) < 4.78 is 0. The standard InChI is InChI=1S/C6H5N5O2/c1-3(10-11-7)4-2-8-6(13)9-5(4)12/h2H,1H2,(H2,8,9,12,13). The predicted octanol–water partition coefficient (Wildman–Crippen LogP) is 0.344. The third-order valence-corrected chi connectivity index (χ3v) is 1.30. The minimum absolute atomic E-state index is 0.0393. The van der Waals surface area contributed by atoms with Crippen molar-refractivity contribution in [2.75, 3.05) is 0 Å². The second-order valence-electron chi connectivity index (χ2n) is 2.12. The molecule has 0 atom stereocenters. The van der Waals surface area contributed by atoms with Crippen LogP contribution in [0.15, 0.2) is 27.5 Å². The van der Waals surface area contributed by atoms with Crippen molar-refractivity contribution in [2.24, 2.45) is 5.11 Å². The number of rotatable bonds is 2. The van der Waals surface area contributed by atoms with Crippen molar-refractivity contribution in [1.82, 2.24) is 9.97 Å². The van der Waals surface area contributed by atoms with E-state index in [1.807, 2.05) is 4.98 Å². The number of nitrogens with one attached hydrogen (secondary N) is 2. The fourth-order valence-corrected chi connectivity index (χ4v) is 0.732. The molecule has 1 rings (SSSR count). The van der Waals surface area contributed by atoms with Crippen LogP contribution in [0.3, 0.4) is 0 Å². The smallest absolute Gasteiger partial charge is 0.313 e. The molecular formula is C6H5N5O2. The van der Waals surface area contributed by atoms with Crippen LogP contribution in [0.25, 0.3) is 16.1 Å². The Morgan fingerprint density at radius 3 is 2.85 bits per heavy atom. The van der Waals surface area contributed by atoms with Crippen LogP contribution in [0, 0.1) is 0 Å². The molecule has 7 nitrogen and oxygen atoms in total. The van der Waals surface area contributed by atoms with Crippen molar-refractivity contribution < 1.29 is 0 Å². The molecule has 0 aliphatic carbocycles. The van der Waals surface area contributed by atoms with Gasteiger partial charge in [0, 0.05) is 16.8 Å². The minimum Gasteiger partial charge on any atom is -0.313 e. The summed E-state index contributed by atoms with van der Waals surface area (Å²) in [5.41, 5.74) is 6.79. The van der Waals surface area contributed by atoms with Crippen LogP contribution < -0.4 is 11.2 Å². The van der Waals surface area contributed by atoms with Crippen LogP contribution in [0.5, 0.6) is 0 Å². The summed E-state index contributed by atoms with van der Waals surface area (Å²) in [5.74, 6) is 0. The lowest BCUT2D eigenvalue weighted by Crippen LogP contribution is -2.23. The van der Waals surface area contributed by atoms with Gasteiger partial charge in [0.25, 0.3) is 5.56 Å². The van der Waals surface area contributed by atoms with E-state index in [0.29, 0.717) is 0 Å². The quantitative estimate of drug-likeness (QED) is 0.387. The van der Waals surface area contributed by atoms with Gasteiger partial charge in [0.05, 0.1) is 5.56 Å². The van der Waals surface area contributed by atoms with Crippen molar-refractivity contribution in [3.63, 3.8) is 0 Å². The maximum absolute atomic E-state index is 11.0. The van der Waals surface area contributed by atoms with Crippen LogP contribution in [0.1, 0.15) is 5.56 Å². The number of hydrogen-bond donors (Lipinski definition) is 2. The summed E-state index contributed by atoms with van der Waals surface area (Å²) in [6.07, 6.45) is 1.14. The molecule has 13 heavy (non-hydrogen) atoms. The van der Waals surface area contributed by atoms with Crippen LogP contribution in [-0.4, -0.2) is 9.97 Å². The van der Waals surface area contributed by atoms with Gasteiger partial charge in [-0.2, -0.15) is 0 Å². The Kier molecular flexibility index (Phi) is 2.32. The first-order chi connectivity index (χ1) is 6.15. The fourth-order valence-electron chi connectivity index (χ4n) is 0.732. The normalized spacial score (nSPS) is 8.92. The number of azide groups is 1. The maximum Gasteiger partial charge on any atom is 0.325 e. The van der Waals surface area contributed by atoms with E-state index in [-0.39, 0.29) is 11.3 Å². The summed E-state index contributed by atoms with van der Waals surface area (Å²) in [6, 6.07) is 0. The van der Waals surface area contributed by atoms with Gasteiger partial charge in [-0.05, 0) is 5.53 Å². The Morgan fingerprint density at radius 1 is 1.62 bits per heavy atom. The molecule has 0 amide bonds. The van der Waals surface area contributed by atoms with E-state index in [1.54, 1.807) is 0 Å². The van der Waals surface area contributed by atoms with Gasteiger partial charge in [0.2, 0.25) is 0 Å². The zero-order chi connectivity index (χ0) is 9.84. The highest BCUT2D eigenvalue weighted by Crippen LogP contribution is 2.05. The van der Waals surface area contributed by atoms with Crippen molar-refractivity contribution in [2.45, 2.75) is 0 Å². The molecular weight excluding hydrogens is 174 g/mol. The second-order valence-corrected chi connectivity index (χ2v) is 2.12. The van der Waals surface area contributed by atoms with Crippen LogP contribution in [-0.2, 0) is 0 Å². The first kappa shape index (κ1) is 8.82. The summed E-state index contributed by atoms with van der Waals surface area (Å²) in [4.78, 5) is 28.3. The molecule has 0 aromatic carbocycles. The molecule has 0 bridgehead atoms. The molecule has 0 unspecified atom stereocenters. The zero-order valence-electron chi connectivity index (χ0n) is 6.44. The van der Waals surface area contributed by atoms with Gasteiger partial charge in [0.1, 0.15) is 0 Å². The van der Waals surface area contributed by atoms with E-state index in [9.17, 15) is 9.59 Å². The van der Waals surface area contributed by atoms with E-state index in [2.05, 4.69) is 21.6 Å². The average Bonchev–Trinajstić information content (AvgIpc) is 2.04. The van der Waals surface area contributed by atoms with E-state index < -0.39 is 11.2 Å². The first-order valence-electron chi connectivity index (χ1n) is 3.21. The van der Waals surface area contributed by atoms with E-state index in [0.717, 1.165) is 6.20 Å². The Balaban J connectivity index is 3.32. The molecule has 0 fully saturated rings. The molecule has 0 saturated carbocycles. The lowest BCUT2D eigenvalue weighted by Gasteiger charge is -1.94. The van der Waals surface area contributed by atoms with E-state index >= 15 is 0 Å². The number of H-pyrrole nitrogens is 2. The molecule has 0 aliphatic rings. The van der Waals surface area contributed by atoms with Crippen molar-refractivity contribution in [3.05, 3.63) is 49.6 Å². The van der Waals surface area contributed by atoms with Crippen LogP contribution in [0.2, 0.25) is 0 Å². The van der Waals surface area contributed by atoms with Crippen molar-refractivity contribution in [1.29, 1.82) is 0 Å². The SMILES string of the molecule is C=C(N=[N+]=[N-])c1c[nH]c(=O)[nH]c1=O. The second kappa shape index (κ2) is 3.42.